The lowest BCUT2D eigenvalue weighted by Gasteiger charge is -2.29. The molecule has 3 aromatic carbocycles. The van der Waals surface area contributed by atoms with Crippen molar-refractivity contribution in [2.75, 3.05) is 0 Å². The number of benzene rings is 3. The standard InChI is InChI=1S/C37H29N/c1-24-11-17-31-33(21-24)36(32-18-16-28-8-4-5-19-37(28)22-34(32)37)30-10-3-2-9-29(30)35(31)26-14-12-25(13-15-26)27-7-6-20-38-23-27/h2-20,23-24,34H,21-22H2,1H3. The molecule has 0 aliphatic heterocycles. The molecule has 4 aromatic rings. The molecule has 0 saturated heterocycles. The van der Waals surface area contributed by atoms with Crippen molar-refractivity contribution >= 4 is 22.4 Å². The van der Waals surface area contributed by atoms with Gasteiger partial charge in [0.15, 0.2) is 0 Å². The Morgan fingerprint density at radius 3 is 2.42 bits per heavy atom. The Labute approximate surface area is 224 Å². The van der Waals surface area contributed by atoms with Gasteiger partial charge in [0, 0.05) is 17.8 Å². The van der Waals surface area contributed by atoms with Gasteiger partial charge < -0.3 is 0 Å². The maximum absolute atomic E-state index is 4.31. The highest BCUT2D eigenvalue weighted by atomic mass is 14.6. The van der Waals surface area contributed by atoms with Gasteiger partial charge in [0.25, 0.3) is 0 Å². The largest absolute Gasteiger partial charge is 0.264 e. The molecule has 1 heteroatoms. The summed E-state index contributed by atoms with van der Waals surface area (Å²) in [6.07, 6.45) is 24.9. The molecule has 4 aliphatic carbocycles. The Morgan fingerprint density at radius 1 is 0.789 bits per heavy atom. The fourth-order valence-corrected chi connectivity index (χ4v) is 7.13. The number of hydrogen-bond acceptors (Lipinski definition) is 1. The van der Waals surface area contributed by atoms with Crippen LogP contribution in [0.4, 0.5) is 0 Å². The Morgan fingerprint density at radius 2 is 1.61 bits per heavy atom. The van der Waals surface area contributed by atoms with Crippen LogP contribution in [0.2, 0.25) is 0 Å². The monoisotopic (exact) mass is 487 g/mol. The lowest BCUT2D eigenvalue weighted by Crippen LogP contribution is -2.14. The highest BCUT2D eigenvalue weighted by molar-refractivity contribution is 6.08. The van der Waals surface area contributed by atoms with Gasteiger partial charge in [-0.15, -0.1) is 0 Å². The van der Waals surface area contributed by atoms with Crippen molar-refractivity contribution in [1.82, 2.24) is 4.98 Å². The molecule has 1 spiro atoms. The molecule has 0 N–H and O–H groups in total. The quantitative estimate of drug-likeness (QED) is 0.281. The van der Waals surface area contributed by atoms with E-state index in [1.807, 2.05) is 18.5 Å². The second kappa shape index (κ2) is 8.13. The second-order valence-electron chi connectivity index (χ2n) is 11.3. The van der Waals surface area contributed by atoms with E-state index >= 15 is 0 Å². The first-order chi connectivity index (χ1) is 18.7. The molecule has 182 valence electrons. The third-order valence-electron chi connectivity index (χ3n) is 9.08. The number of rotatable bonds is 3. The Hall–Kier alpha value is -4.23. The van der Waals surface area contributed by atoms with Gasteiger partial charge in [0.05, 0.1) is 0 Å². The summed E-state index contributed by atoms with van der Waals surface area (Å²) in [5, 5.41) is 2.74. The van der Waals surface area contributed by atoms with Gasteiger partial charge >= 0.3 is 0 Å². The van der Waals surface area contributed by atoms with Gasteiger partial charge in [-0.05, 0) is 91.6 Å². The molecule has 1 fully saturated rings. The fraction of sp³-hybridized carbons (Fsp3) is 0.162. The molecule has 4 aliphatic rings. The summed E-state index contributed by atoms with van der Waals surface area (Å²) in [6.45, 7) is 2.35. The summed E-state index contributed by atoms with van der Waals surface area (Å²) in [5.41, 5.74) is 12.6. The number of allylic oxidation sites excluding steroid dienone is 9. The van der Waals surface area contributed by atoms with E-state index in [4.69, 9.17) is 0 Å². The highest BCUT2D eigenvalue weighted by Crippen LogP contribution is 2.67. The summed E-state index contributed by atoms with van der Waals surface area (Å²) in [7, 11) is 0. The van der Waals surface area contributed by atoms with Crippen LogP contribution in [-0.2, 0) is 6.42 Å². The molecular formula is C37H29N. The molecular weight excluding hydrogens is 458 g/mol. The summed E-state index contributed by atoms with van der Waals surface area (Å²) in [4.78, 5) is 4.31. The van der Waals surface area contributed by atoms with Crippen molar-refractivity contribution in [2.45, 2.75) is 19.8 Å². The van der Waals surface area contributed by atoms with Crippen LogP contribution in [0.25, 0.3) is 44.7 Å². The molecule has 3 unspecified atom stereocenters. The topological polar surface area (TPSA) is 12.9 Å². The number of nitrogens with zero attached hydrogens (tertiary/aromatic N) is 1. The average Bonchev–Trinajstić information content (AvgIpc) is 3.70. The van der Waals surface area contributed by atoms with Crippen LogP contribution < -0.4 is 0 Å². The van der Waals surface area contributed by atoms with Crippen LogP contribution >= 0.6 is 0 Å². The van der Waals surface area contributed by atoms with Gasteiger partial charge in [-0.25, -0.2) is 0 Å². The summed E-state index contributed by atoms with van der Waals surface area (Å²) >= 11 is 0. The fourth-order valence-electron chi connectivity index (χ4n) is 7.13. The first kappa shape index (κ1) is 21.8. The normalized spacial score (nSPS) is 24.3. The molecule has 1 nitrogen and oxygen atoms in total. The van der Waals surface area contributed by atoms with Crippen molar-refractivity contribution in [1.29, 1.82) is 0 Å². The van der Waals surface area contributed by atoms with Crippen molar-refractivity contribution < 1.29 is 0 Å². The van der Waals surface area contributed by atoms with Crippen LogP contribution in [0.3, 0.4) is 0 Å². The molecule has 0 bridgehead atoms. The van der Waals surface area contributed by atoms with Crippen molar-refractivity contribution in [2.24, 2.45) is 17.3 Å². The zero-order valence-electron chi connectivity index (χ0n) is 21.6. The summed E-state index contributed by atoms with van der Waals surface area (Å²) in [5.74, 6) is 1.10. The van der Waals surface area contributed by atoms with Crippen molar-refractivity contribution in [3.63, 3.8) is 0 Å². The lowest BCUT2D eigenvalue weighted by molar-refractivity contribution is 0.713. The SMILES string of the molecule is CC1C=Cc2c(c(C3=CC=C4C=CC=CC45CC35)c3ccccc3c2-c2ccc(-c3cccnc3)cc2)C1. The molecule has 3 atom stereocenters. The highest BCUT2D eigenvalue weighted by Gasteiger charge is 2.57. The summed E-state index contributed by atoms with van der Waals surface area (Å²) < 4.78 is 0. The van der Waals surface area contributed by atoms with E-state index in [9.17, 15) is 0 Å². The predicted octanol–water partition coefficient (Wildman–Crippen LogP) is 9.23. The first-order valence-electron chi connectivity index (χ1n) is 13.8. The Kier molecular flexibility index (Phi) is 4.67. The predicted molar refractivity (Wildman–Crippen MR) is 159 cm³/mol. The van der Waals surface area contributed by atoms with Gasteiger partial charge in [-0.3, -0.25) is 4.98 Å². The van der Waals surface area contributed by atoms with E-state index in [1.165, 1.54) is 61.7 Å². The van der Waals surface area contributed by atoms with Gasteiger partial charge in [-0.2, -0.15) is 0 Å². The molecule has 1 saturated carbocycles. The van der Waals surface area contributed by atoms with Gasteiger partial charge in [0.2, 0.25) is 0 Å². The van der Waals surface area contributed by atoms with Crippen molar-refractivity contribution in [3.8, 4) is 22.3 Å². The number of hydrogen-bond donors (Lipinski definition) is 0. The van der Waals surface area contributed by atoms with Crippen LogP contribution in [0, 0.1) is 17.3 Å². The van der Waals surface area contributed by atoms with Crippen LogP contribution in [0.1, 0.15) is 30.0 Å². The maximum Gasteiger partial charge on any atom is 0.0346 e. The molecule has 1 heterocycles. The van der Waals surface area contributed by atoms with Crippen LogP contribution in [-0.4, -0.2) is 4.98 Å². The van der Waals surface area contributed by atoms with Crippen LogP contribution in [0.15, 0.2) is 121 Å². The molecule has 1 aromatic heterocycles. The zero-order chi connectivity index (χ0) is 25.3. The molecule has 8 rings (SSSR count). The van der Waals surface area contributed by atoms with E-state index in [1.54, 1.807) is 0 Å². The molecule has 0 radical (unpaired) electrons. The second-order valence-corrected chi connectivity index (χ2v) is 11.3. The number of aromatic nitrogens is 1. The van der Waals surface area contributed by atoms with E-state index in [2.05, 4.69) is 115 Å². The zero-order valence-corrected chi connectivity index (χ0v) is 21.6. The molecule has 0 amide bonds. The smallest absolute Gasteiger partial charge is 0.0346 e. The maximum atomic E-state index is 4.31. The van der Waals surface area contributed by atoms with Gasteiger partial charge in [-0.1, -0.05) is 110 Å². The first-order valence-corrected chi connectivity index (χ1v) is 13.8. The van der Waals surface area contributed by atoms with E-state index in [-0.39, 0.29) is 5.41 Å². The number of fused-ring (bicyclic) bond motifs is 2. The minimum Gasteiger partial charge on any atom is -0.264 e. The minimum absolute atomic E-state index is 0.212. The Balaban J connectivity index is 1.36. The molecule has 38 heavy (non-hydrogen) atoms. The minimum atomic E-state index is 0.212. The third kappa shape index (κ3) is 3.15. The lowest BCUT2D eigenvalue weighted by atomic mass is 9.74. The van der Waals surface area contributed by atoms with E-state index < -0.39 is 0 Å². The van der Waals surface area contributed by atoms with Crippen molar-refractivity contribution in [3.05, 3.63) is 138 Å². The third-order valence-corrected chi connectivity index (χ3v) is 9.08. The average molecular weight is 488 g/mol. The summed E-state index contributed by atoms with van der Waals surface area (Å²) in [6, 6.07) is 22.3. The van der Waals surface area contributed by atoms with Gasteiger partial charge in [0.1, 0.15) is 0 Å². The number of pyridine rings is 1. The van der Waals surface area contributed by atoms with E-state index in [0.29, 0.717) is 11.8 Å². The van der Waals surface area contributed by atoms with Crippen LogP contribution in [0.5, 0.6) is 0 Å². The Bertz CT molecular complexity index is 1760. The van der Waals surface area contributed by atoms with E-state index in [0.717, 1.165) is 12.0 Å².